The third-order valence-corrected chi connectivity index (χ3v) is 5.17. The van der Waals surface area contributed by atoms with Crippen LogP contribution in [0.25, 0.3) is 0 Å². The van der Waals surface area contributed by atoms with Crippen LogP contribution >= 0.6 is 24.0 Å². The summed E-state index contributed by atoms with van der Waals surface area (Å²) in [5, 5.41) is 0. The first-order chi connectivity index (χ1) is 9.77. The van der Waals surface area contributed by atoms with Crippen molar-refractivity contribution in [3.63, 3.8) is 0 Å². The van der Waals surface area contributed by atoms with E-state index in [2.05, 4.69) is 31.2 Å². The molecule has 0 heterocycles. The van der Waals surface area contributed by atoms with Crippen molar-refractivity contribution in [1.82, 2.24) is 0 Å². The molecular formula is C16H25NS3. The Labute approximate surface area is 138 Å². The molecule has 0 aliphatic carbocycles. The minimum absolute atomic E-state index is 0.784. The van der Waals surface area contributed by atoms with Crippen LogP contribution in [-0.2, 0) is 19.2 Å². The Bertz CT molecular complexity index is 393. The van der Waals surface area contributed by atoms with Gasteiger partial charge in [0, 0.05) is 4.90 Å². The van der Waals surface area contributed by atoms with E-state index < -0.39 is 0 Å². The molecule has 2 N–H and O–H groups in total. The van der Waals surface area contributed by atoms with Crippen LogP contribution in [0.5, 0.6) is 0 Å². The van der Waals surface area contributed by atoms with Gasteiger partial charge < -0.3 is 17.5 Å². The smallest absolute Gasteiger partial charge is 0.217 e. The summed E-state index contributed by atoms with van der Waals surface area (Å²) in [7, 11) is 0. The predicted octanol–water partition coefficient (Wildman–Crippen LogP) is 4.38. The van der Waals surface area contributed by atoms with Crippen molar-refractivity contribution in [1.29, 1.82) is 0 Å². The number of benzene rings is 1. The van der Waals surface area contributed by atoms with Crippen molar-refractivity contribution >= 4 is 41.1 Å². The fraction of sp³-hybridized carbons (Fsp3) is 0.562. The van der Waals surface area contributed by atoms with Crippen LogP contribution in [0.15, 0.2) is 29.2 Å². The molecule has 0 unspecified atom stereocenters. The fourth-order valence-corrected chi connectivity index (χ4v) is 3.34. The van der Waals surface area contributed by atoms with Crippen molar-refractivity contribution in [2.75, 3.05) is 0 Å². The molecule has 0 radical (unpaired) electrons. The van der Waals surface area contributed by atoms with Crippen LogP contribution in [0.3, 0.4) is 0 Å². The standard InChI is InChI=1S/C16H25NS3/c1-2-3-4-5-6-7-8-11-14-12-9-10-13-15(14)20-16(18)17-19/h9-10,12-13H,2-8,11,17H2,1H3. The molecule has 0 aliphatic heterocycles. The van der Waals surface area contributed by atoms with Crippen LogP contribution in [0.4, 0.5) is 0 Å². The Morgan fingerprint density at radius 3 is 2.45 bits per heavy atom. The molecule has 20 heavy (non-hydrogen) atoms. The molecule has 1 aromatic carbocycles. The molecule has 0 atom stereocenters. The topological polar surface area (TPSA) is 16.6 Å². The highest BCUT2D eigenvalue weighted by molar-refractivity contribution is 8.22. The molecule has 0 fully saturated rings. The van der Waals surface area contributed by atoms with E-state index in [1.807, 2.05) is 0 Å². The molecule has 0 saturated heterocycles. The quantitative estimate of drug-likeness (QED) is 0.314. The maximum absolute atomic E-state index is 5.19. The van der Waals surface area contributed by atoms with Crippen LogP contribution in [0.2, 0.25) is 0 Å². The van der Waals surface area contributed by atoms with Crippen LogP contribution in [0.1, 0.15) is 57.4 Å². The van der Waals surface area contributed by atoms with E-state index in [-0.39, 0.29) is 0 Å². The van der Waals surface area contributed by atoms with Gasteiger partial charge in [-0.15, -0.1) is 0 Å². The molecule has 0 aliphatic rings. The summed E-state index contributed by atoms with van der Waals surface area (Å²) < 4.78 is 2.37. The first kappa shape index (κ1) is 18.0. The normalized spacial score (nSPS) is 10.7. The highest BCUT2D eigenvalue weighted by atomic mass is 32.2. The number of hydrogen-bond acceptors (Lipinski definition) is 3. The Kier molecular flexibility index (Phi) is 10.5. The van der Waals surface area contributed by atoms with E-state index in [4.69, 9.17) is 25.0 Å². The second-order valence-corrected chi connectivity index (χ2v) is 7.04. The summed E-state index contributed by atoms with van der Waals surface area (Å²) in [4.78, 5) is 1.27. The first-order valence-corrected chi connectivity index (χ1v) is 9.22. The molecule has 0 amide bonds. The average Bonchev–Trinajstić information content (AvgIpc) is 2.47. The Hall–Kier alpha value is -0.0300. The van der Waals surface area contributed by atoms with Gasteiger partial charge in [0.2, 0.25) is 4.32 Å². The summed E-state index contributed by atoms with van der Waals surface area (Å²) in [6, 6.07) is 8.54. The lowest BCUT2D eigenvalue weighted by atomic mass is 10.0. The first-order valence-electron chi connectivity index (χ1n) is 7.52. The molecule has 0 saturated carbocycles. The zero-order valence-electron chi connectivity index (χ0n) is 12.3. The van der Waals surface area contributed by atoms with E-state index in [0.717, 1.165) is 10.7 Å². The van der Waals surface area contributed by atoms with Crippen molar-refractivity contribution in [2.24, 2.45) is 0 Å². The Morgan fingerprint density at radius 2 is 1.75 bits per heavy atom. The van der Waals surface area contributed by atoms with Gasteiger partial charge in [0.25, 0.3) is 0 Å². The second kappa shape index (κ2) is 11.6. The molecule has 112 valence electrons. The molecule has 4 heteroatoms. The summed E-state index contributed by atoms with van der Waals surface area (Å²) in [5.41, 5.74) is 1.41. The van der Waals surface area contributed by atoms with Gasteiger partial charge in [0.1, 0.15) is 0 Å². The monoisotopic (exact) mass is 327 g/mol. The van der Waals surface area contributed by atoms with Gasteiger partial charge in [-0.25, -0.2) is 0 Å². The Balaban J connectivity index is 2.30. The number of quaternary nitrogens is 1. The van der Waals surface area contributed by atoms with E-state index in [9.17, 15) is 0 Å². The average molecular weight is 328 g/mol. The van der Waals surface area contributed by atoms with Gasteiger partial charge in [-0.2, -0.15) is 0 Å². The molecule has 0 spiro atoms. The third-order valence-electron chi connectivity index (χ3n) is 3.33. The van der Waals surface area contributed by atoms with E-state index in [1.165, 1.54) is 55.4 Å². The van der Waals surface area contributed by atoms with Gasteiger partial charge in [0.05, 0.1) is 0 Å². The van der Waals surface area contributed by atoms with Crippen LogP contribution < -0.4 is 4.72 Å². The number of aryl methyl sites for hydroxylation is 1. The predicted molar refractivity (Wildman–Crippen MR) is 95.9 cm³/mol. The lowest BCUT2D eigenvalue weighted by Gasteiger charge is -2.09. The minimum Gasteiger partial charge on any atom is -0.490 e. The number of hydrogen-bond donors (Lipinski definition) is 1. The van der Waals surface area contributed by atoms with Crippen LogP contribution in [0, 0.1) is 0 Å². The van der Waals surface area contributed by atoms with E-state index in [1.54, 1.807) is 16.5 Å². The fourth-order valence-electron chi connectivity index (χ4n) is 2.21. The minimum atomic E-state index is 0.784. The summed E-state index contributed by atoms with van der Waals surface area (Å²) in [6.45, 7) is 2.26. The number of thioether (sulfide) groups is 1. The molecule has 0 bridgehead atoms. The second-order valence-electron chi connectivity index (χ2n) is 5.02. The molecule has 1 aromatic rings. The van der Waals surface area contributed by atoms with Crippen molar-refractivity contribution < 1.29 is 4.72 Å². The van der Waals surface area contributed by atoms with E-state index >= 15 is 0 Å². The number of unbranched alkanes of at least 4 members (excludes halogenated alkanes) is 6. The van der Waals surface area contributed by atoms with Gasteiger partial charge in [-0.05, 0) is 48.5 Å². The third kappa shape index (κ3) is 7.67. The summed E-state index contributed by atoms with van der Waals surface area (Å²) in [5.74, 6) is 0. The van der Waals surface area contributed by atoms with Gasteiger partial charge in [-0.3, -0.25) is 0 Å². The van der Waals surface area contributed by atoms with Crippen molar-refractivity contribution in [3.05, 3.63) is 29.8 Å². The van der Waals surface area contributed by atoms with Crippen LogP contribution in [-0.4, -0.2) is 4.32 Å². The van der Waals surface area contributed by atoms with Crippen molar-refractivity contribution in [3.8, 4) is 0 Å². The maximum Gasteiger partial charge on any atom is 0.217 e. The molecule has 0 aromatic heterocycles. The van der Waals surface area contributed by atoms with Gasteiger partial charge >= 0.3 is 0 Å². The lowest BCUT2D eigenvalue weighted by Crippen LogP contribution is -2.80. The highest BCUT2D eigenvalue weighted by Gasteiger charge is 2.05. The zero-order chi connectivity index (χ0) is 14.6. The van der Waals surface area contributed by atoms with Gasteiger partial charge in [-0.1, -0.05) is 63.6 Å². The summed E-state index contributed by atoms with van der Waals surface area (Å²) >= 11 is 11.7. The molecule has 1 nitrogen and oxygen atoms in total. The zero-order valence-corrected chi connectivity index (χ0v) is 14.7. The maximum atomic E-state index is 5.19. The number of rotatable bonds is 9. The summed E-state index contributed by atoms with van der Waals surface area (Å²) in [6.07, 6.45) is 10.6. The van der Waals surface area contributed by atoms with Crippen molar-refractivity contribution in [2.45, 2.75) is 63.2 Å². The van der Waals surface area contributed by atoms with E-state index in [0.29, 0.717) is 0 Å². The molecule has 1 rings (SSSR count). The van der Waals surface area contributed by atoms with Gasteiger partial charge in [0.15, 0.2) is 0 Å². The largest absolute Gasteiger partial charge is 0.490 e. The SMILES string of the molecule is CCCCCCCCCc1ccccc1SC(=S)[NH2+][S-]. The number of thiocarbonyl (C=S) groups is 1. The highest BCUT2D eigenvalue weighted by Crippen LogP contribution is 2.24. The lowest BCUT2D eigenvalue weighted by molar-refractivity contribution is -0.325. The number of nitrogens with two attached hydrogens (primary N) is 1. The molecular weight excluding hydrogens is 302 g/mol. The Morgan fingerprint density at radius 1 is 1.10 bits per heavy atom.